The lowest BCUT2D eigenvalue weighted by atomic mass is 10.1. The molecule has 0 aliphatic carbocycles. The normalized spacial score (nSPS) is 13.0. The molecule has 0 bridgehead atoms. The van der Waals surface area contributed by atoms with Gasteiger partial charge in [0.25, 0.3) is 0 Å². The third-order valence-corrected chi connectivity index (χ3v) is 1.40. The van der Waals surface area contributed by atoms with Gasteiger partial charge in [0.15, 0.2) is 0 Å². The quantitative estimate of drug-likeness (QED) is 0.492. The number of thiol groups is 1. The van der Waals surface area contributed by atoms with E-state index in [2.05, 4.69) is 43.7 Å². The van der Waals surface area contributed by atoms with Crippen molar-refractivity contribution in [3.05, 3.63) is 24.3 Å². The molecule has 0 radical (unpaired) electrons. The zero-order valence-corrected chi connectivity index (χ0v) is 8.23. The van der Waals surface area contributed by atoms with E-state index >= 15 is 0 Å². The predicted molar refractivity (Wildman–Crippen MR) is 55.2 cm³/mol. The minimum Gasteiger partial charge on any atom is -0.220 e. The van der Waals surface area contributed by atoms with Crippen LogP contribution in [0.4, 0.5) is 0 Å². The summed E-state index contributed by atoms with van der Waals surface area (Å²) in [7, 11) is 0. The zero-order valence-electron chi connectivity index (χ0n) is 7.33. The molecular weight excluding hydrogens is 154 g/mol. The average Bonchev–Trinajstić information content (AvgIpc) is 1.87. The molecule has 0 unspecified atom stereocenters. The smallest absolute Gasteiger partial charge is 0.0730 e. The Morgan fingerprint density at radius 3 is 2.36 bits per heavy atom. The molecule has 0 atom stereocenters. The van der Waals surface area contributed by atoms with Gasteiger partial charge in [-0.1, -0.05) is 26.5 Å². The third-order valence-electron chi connectivity index (χ3n) is 1.18. The van der Waals surface area contributed by atoms with Crippen molar-refractivity contribution in [2.45, 2.75) is 20.8 Å². The van der Waals surface area contributed by atoms with Crippen molar-refractivity contribution in [1.29, 1.82) is 0 Å². The highest BCUT2D eigenvalue weighted by Gasteiger charge is 1.93. The summed E-state index contributed by atoms with van der Waals surface area (Å²) in [6.07, 6.45) is 4.02. The number of rotatable bonds is 3. The molecule has 11 heavy (non-hydrogen) atoms. The van der Waals surface area contributed by atoms with Gasteiger partial charge < -0.3 is 0 Å². The standard InChI is InChI=1S/C9H15NS/c1-7(2)5-6-9(10-11)8(3)4/h5-7,11H,3H2,1-2,4H3/b6-5-,10-9?. The molecule has 0 amide bonds. The Bertz CT molecular complexity index is 190. The van der Waals surface area contributed by atoms with Crippen LogP contribution in [0.5, 0.6) is 0 Å². The number of hydrogen-bond acceptors (Lipinski definition) is 2. The first kappa shape index (κ1) is 10.5. The second-order valence-electron chi connectivity index (χ2n) is 2.87. The number of hydrogen-bond donors (Lipinski definition) is 1. The maximum atomic E-state index is 3.83. The lowest BCUT2D eigenvalue weighted by Gasteiger charge is -1.97. The van der Waals surface area contributed by atoms with Crippen LogP contribution in [0.2, 0.25) is 0 Å². The van der Waals surface area contributed by atoms with Gasteiger partial charge >= 0.3 is 0 Å². The van der Waals surface area contributed by atoms with E-state index in [-0.39, 0.29) is 0 Å². The Morgan fingerprint density at radius 2 is 2.09 bits per heavy atom. The maximum absolute atomic E-state index is 3.83. The molecule has 1 nitrogen and oxygen atoms in total. The number of nitrogens with zero attached hydrogens (tertiary/aromatic N) is 1. The van der Waals surface area contributed by atoms with Gasteiger partial charge in [-0.2, -0.15) is 0 Å². The highest BCUT2D eigenvalue weighted by molar-refractivity contribution is 7.79. The molecule has 0 spiro atoms. The summed E-state index contributed by atoms with van der Waals surface area (Å²) < 4.78 is 3.78. The van der Waals surface area contributed by atoms with Crippen molar-refractivity contribution in [2.24, 2.45) is 10.3 Å². The molecule has 0 fully saturated rings. The zero-order chi connectivity index (χ0) is 8.85. The Labute approximate surface area is 74.5 Å². The van der Waals surface area contributed by atoms with Crippen LogP contribution in [0.1, 0.15) is 20.8 Å². The summed E-state index contributed by atoms with van der Waals surface area (Å²) in [5.74, 6) is 0.541. The lowest BCUT2D eigenvalue weighted by Crippen LogP contribution is -1.93. The molecule has 0 heterocycles. The van der Waals surface area contributed by atoms with Crippen molar-refractivity contribution in [3.63, 3.8) is 0 Å². The van der Waals surface area contributed by atoms with Crippen LogP contribution in [0.3, 0.4) is 0 Å². The van der Waals surface area contributed by atoms with Gasteiger partial charge in [-0.25, -0.2) is 4.40 Å². The van der Waals surface area contributed by atoms with Gasteiger partial charge in [0.2, 0.25) is 0 Å². The van der Waals surface area contributed by atoms with Crippen LogP contribution in [0, 0.1) is 5.92 Å². The fourth-order valence-electron chi connectivity index (χ4n) is 0.545. The molecular formula is C9H15NS. The van der Waals surface area contributed by atoms with Crippen LogP contribution in [0.25, 0.3) is 0 Å². The highest BCUT2D eigenvalue weighted by atomic mass is 32.1. The van der Waals surface area contributed by atoms with E-state index in [1.54, 1.807) is 0 Å². The van der Waals surface area contributed by atoms with Gasteiger partial charge in [-0.15, -0.1) is 0 Å². The molecule has 2 heteroatoms. The van der Waals surface area contributed by atoms with Crippen molar-refractivity contribution in [2.75, 3.05) is 0 Å². The molecule has 0 rings (SSSR count). The summed E-state index contributed by atoms with van der Waals surface area (Å²) in [6.45, 7) is 9.92. The van der Waals surface area contributed by atoms with Crippen LogP contribution >= 0.6 is 12.8 Å². The monoisotopic (exact) mass is 169 g/mol. The first-order valence-corrected chi connectivity index (χ1v) is 4.04. The predicted octanol–water partition coefficient (Wildman–Crippen LogP) is 3.06. The van der Waals surface area contributed by atoms with Gasteiger partial charge in [0.05, 0.1) is 5.71 Å². The van der Waals surface area contributed by atoms with E-state index in [4.69, 9.17) is 0 Å². The largest absolute Gasteiger partial charge is 0.220 e. The van der Waals surface area contributed by atoms with Crippen molar-refractivity contribution >= 4 is 18.5 Å². The van der Waals surface area contributed by atoms with Crippen molar-refractivity contribution in [1.82, 2.24) is 0 Å². The summed E-state index contributed by atoms with van der Waals surface area (Å²) in [6, 6.07) is 0. The van der Waals surface area contributed by atoms with Crippen LogP contribution in [-0.2, 0) is 0 Å². The number of allylic oxidation sites excluding steroid dienone is 3. The molecule has 0 aromatic carbocycles. The fourth-order valence-corrected chi connectivity index (χ4v) is 0.782. The van der Waals surface area contributed by atoms with E-state index in [0.29, 0.717) is 5.92 Å². The van der Waals surface area contributed by atoms with Gasteiger partial charge in [-0.05, 0) is 37.3 Å². The highest BCUT2D eigenvalue weighted by Crippen LogP contribution is 2.01. The van der Waals surface area contributed by atoms with E-state index < -0.39 is 0 Å². The van der Waals surface area contributed by atoms with Gasteiger partial charge in [0.1, 0.15) is 0 Å². The van der Waals surface area contributed by atoms with Gasteiger partial charge in [-0.3, -0.25) is 0 Å². The molecule has 0 aliphatic rings. The second kappa shape index (κ2) is 5.19. The van der Waals surface area contributed by atoms with Crippen LogP contribution < -0.4 is 0 Å². The molecule has 0 aliphatic heterocycles. The minimum absolute atomic E-state index is 0.541. The first-order chi connectivity index (χ1) is 5.07. The lowest BCUT2D eigenvalue weighted by molar-refractivity contribution is 0.833. The molecule has 0 aromatic rings. The van der Waals surface area contributed by atoms with E-state index in [9.17, 15) is 0 Å². The van der Waals surface area contributed by atoms with E-state index in [1.165, 1.54) is 0 Å². The van der Waals surface area contributed by atoms with Crippen molar-refractivity contribution < 1.29 is 0 Å². The maximum Gasteiger partial charge on any atom is 0.0730 e. The van der Waals surface area contributed by atoms with Crippen LogP contribution in [-0.4, -0.2) is 5.71 Å². The van der Waals surface area contributed by atoms with Gasteiger partial charge in [0, 0.05) is 0 Å². The first-order valence-electron chi connectivity index (χ1n) is 3.64. The Hall–Kier alpha value is -0.500. The fraction of sp³-hybridized carbons (Fsp3) is 0.444. The molecule has 0 saturated heterocycles. The SMILES string of the molecule is C=C(C)C(/C=C\C(C)C)=NS. The minimum atomic E-state index is 0.541. The topological polar surface area (TPSA) is 12.4 Å². The third kappa shape index (κ3) is 4.85. The summed E-state index contributed by atoms with van der Waals surface area (Å²) in [5, 5.41) is 0. The Kier molecular flexibility index (Phi) is 4.95. The van der Waals surface area contributed by atoms with E-state index in [0.717, 1.165) is 11.3 Å². The molecule has 0 aromatic heterocycles. The van der Waals surface area contributed by atoms with Crippen molar-refractivity contribution in [3.8, 4) is 0 Å². The van der Waals surface area contributed by atoms with E-state index in [1.807, 2.05) is 13.0 Å². The van der Waals surface area contributed by atoms with Crippen LogP contribution in [0.15, 0.2) is 28.7 Å². The summed E-state index contributed by atoms with van der Waals surface area (Å²) >= 11 is 3.83. The summed E-state index contributed by atoms with van der Waals surface area (Å²) in [4.78, 5) is 0. The average molecular weight is 169 g/mol. The molecule has 62 valence electrons. The molecule has 0 N–H and O–H groups in total. The Morgan fingerprint density at radius 1 is 1.55 bits per heavy atom. The Balaban J connectivity index is 4.22. The summed E-state index contributed by atoms with van der Waals surface area (Å²) in [5.41, 5.74) is 1.79. The molecule has 0 saturated carbocycles. The second-order valence-corrected chi connectivity index (χ2v) is 3.07.